The summed E-state index contributed by atoms with van der Waals surface area (Å²) < 4.78 is 0. The van der Waals surface area contributed by atoms with Crippen LogP contribution in [0.3, 0.4) is 0 Å². The van der Waals surface area contributed by atoms with Crippen LogP contribution in [0.5, 0.6) is 0 Å². The molecule has 0 aromatic heterocycles. The predicted octanol–water partition coefficient (Wildman–Crippen LogP) is 1.28. The number of rotatable bonds is 2. The molecule has 0 radical (unpaired) electrons. The highest BCUT2D eigenvalue weighted by Gasteiger charge is 2.44. The van der Waals surface area contributed by atoms with Crippen molar-refractivity contribution in [2.75, 3.05) is 0 Å². The van der Waals surface area contributed by atoms with E-state index >= 15 is 0 Å². The zero-order valence-corrected chi connectivity index (χ0v) is 8.03. The lowest BCUT2D eigenvalue weighted by atomic mass is 9.86. The number of allylic oxidation sites excluding steroid dienone is 1. The summed E-state index contributed by atoms with van der Waals surface area (Å²) >= 11 is 0. The number of aliphatic carboxylic acids is 1. The van der Waals surface area contributed by atoms with Gasteiger partial charge in [-0.3, -0.25) is 4.79 Å². The highest BCUT2D eigenvalue weighted by Crippen LogP contribution is 2.40. The van der Waals surface area contributed by atoms with Crippen LogP contribution in [-0.2, 0) is 4.79 Å². The van der Waals surface area contributed by atoms with E-state index in [4.69, 9.17) is 5.11 Å². The third-order valence-corrected chi connectivity index (χ3v) is 3.02. The summed E-state index contributed by atoms with van der Waals surface area (Å²) in [6, 6.07) is 0. The minimum Gasteiger partial charge on any atom is -0.481 e. The predicted molar refractivity (Wildman–Crippen MR) is 49.2 cm³/mol. The summed E-state index contributed by atoms with van der Waals surface area (Å²) in [5.74, 6) is -1.52. The monoisotopic (exact) mass is 184 g/mol. The second-order valence-corrected chi connectivity index (χ2v) is 3.98. The van der Waals surface area contributed by atoms with Crippen molar-refractivity contribution in [2.24, 2.45) is 17.8 Å². The van der Waals surface area contributed by atoms with Crippen molar-refractivity contribution >= 4 is 5.97 Å². The van der Waals surface area contributed by atoms with Gasteiger partial charge < -0.3 is 10.2 Å². The van der Waals surface area contributed by atoms with E-state index in [1.807, 2.05) is 6.92 Å². The normalized spacial score (nSPS) is 39.0. The van der Waals surface area contributed by atoms with Gasteiger partial charge in [-0.2, -0.15) is 0 Å². The Kier molecular flexibility index (Phi) is 2.76. The van der Waals surface area contributed by atoms with Crippen molar-refractivity contribution in [3.8, 4) is 0 Å². The molecule has 0 heterocycles. The molecule has 1 rings (SSSR count). The van der Waals surface area contributed by atoms with Crippen LogP contribution in [0.4, 0.5) is 0 Å². The van der Waals surface area contributed by atoms with Crippen LogP contribution < -0.4 is 0 Å². The van der Waals surface area contributed by atoms with Gasteiger partial charge in [-0.1, -0.05) is 19.1 Å². The van der Waals surface area contributed by atoms with E-state index in [-0.39, 0.29) is 11.8 Å². The van der Waals surface area contributed by atoms with Crippen LogP contribution in [0.1, 0.15) is 20.3 Å². The number of carbonyl (C=O) groups is 1. The molecule has 0 spiro atoms. The fourth-order valence-electron chi connectivity index (χ4n) is 2.13. The highest BCUT2D eigenvalue weighted by atomic mass is 16.4. The van der Waals surface area contributed by atoms with E-state index in [0.717, 1.165) is 5.57 Å². The molecule has 1 saturated carbocycles. The summed E-state index contributed by atoms with van der Waals surface area (Å²) in [4.78, 5) is 10.9. The Morgan fingerprint density at radius 3 is 2.38 bits per heavy atom. The lowest BCUT2D eigenvalue weighted by Gasteiger charge is -2.18. The standard InChI is InChI=1S/C10H16O3/c1-5(2)7-4-8(11)6(3)9(7)10(12)13/h6-9,11H,1,4H2,2-3H3,(H,12,13). The first-order valence-electron chi connectivity index (χ1n) is 4.51. The topological polar surface area (TPSA) is 57.5 Å². The van der Waals surface area contributed by atoms with Crippen LogP contribution in [0.15, 0.2) is 12.2 Å². The number of aliphatic hydroxyl groups is 1. The van der Waals surface area contributed by atoms with E-state index < -0.39 is 18.0 Å². The fraction of sp³-hybridized carbons (Fsp3) is 0.700. The lowest BCUT2D eigenvalue weighted by molar-refractivity contribution is -0.144. The molecular weight excluding hydrogens is 168 g/mol. The molecule has 0 amide bonds. The summed E-state index contributed by atoms with van der Waals surface area (Å²) in [5, 5.41) is 18.5. The second kappa shape index (κ2) is 3.50. The molecular formula is C10H16O3. The summed E-state index contributed by atoms with van der Waals surface area (Å²) in [7, 11) is 0. The van der Waals surface area contributed by atoms with Crippen molar-refractivity contribution in [2.45, 2.75) is 26.4 Å². The van der Waals surface area contributed by atoms with E-state index in [0.29, 0.717) is 6.42 Å². The smallest absolute Gasteiger partial charge is 0.307 e. The second-order valence-electron chi connectivity index (χ2n) is 3.98. The maximum Gasteiger partial charge on any atom is 0.307 e. The molecule has 3 nitrogen and oxygen atoms in total. The van der Waals surface area contributed by atoms with E-state index in [9.17, 15) is 9.90 Å². The first-order chi connectivity index (χ1) is 5.95. The van der Waals surface area contributed by atoms with Gasteiger partial charge in [0.25, 0.3) is 0 Å². The van der Waals surface area contributed by atoms with Crippen molar-refractivity contribution in [3.05, 3.63) is 12.2 Å². The minimum atomic E-state index is -0.822. The molecule has 0 aromatic rings. The van der Waals surface area contributed by atoms with Gasteiger partial charge in [-0.15, -0.1) is 0 Å². The van der Waals surface area contributed by atoms with Crippen molar-refractivity contribution in [1.29, 1.82) is 0 Å². The van der Waals surface area contributed by atoms with E-state index in [2.05, 4.69) is 6.58 Å². The summed E-state index contributed by atoms with van der Waals surface area (Å²) in [6.07, 6.45) is 0.0378. The molecule has 13 heavy (non-hydrogen) atoms. The van der Waals surface area contributed by atoms with Crippen LogP contribution in [0.25, 0.3) is 0 Å². The number of hydrogen-bond donors (Lipinski definition) is 2. The number of carboxylic acid groups (broad SMARTS) is 1. The Morgan fingerprint density at radius 1 is 1.54 bits per heavy atom. The Hall–Kier alpha value is -0.830. The first-order valence-corrected chi connectivity index (χ1v) is 4.51. The van der Waals surface area contributed by atoms with Crippen LogP contribution in [0.2, 0.25) is 0 Å². The molecule has 0 bridgehead atoms. The molecule has 0 aromatic carbocycles. The Labute approximate surface area is 78.1 Å². The number of carboxylic acids is 1. The van der Waals surface area contributed by atoms with Crippen molar-refractivity contribution in [1.82, 2.24) is 0 Å². The van der Waals surface area contributed by atoms with Crippen molar-refractivity contribution in [3.63, 3.8) is 0 Å². The summed E-state index contributed by atoms with van der Waals surface area (Å²) in [5.41, 5.74) is 0.857. The Bertz CT molecular complexity index is 234. The molecule has 4 unspecified atom stereocenters. The van der Waals surface area contributed by atoms with Gasteiger partial charge in [-0.25, -0.2) is 0 Å². The maximum atomic E-state index is 10.9. The SMILES string of the molecule is C=C(C)C1CC(O)C(C)C1C(=O)O. The van der Waals surface area contributed by atoms with Gasteiger partial charge in [0.1, 0.15) is 0 Å². The van der Waals surface area contributed by atoms with E-state index in [1.165, 1.54) is 0 Å². The van der Waals surface area contributed by atoms with Gasteiger partial charge in [-0.05, 0) is 25.2 Å². The van der Waals surface area contributed by atoms with Crippen molar-refractivity contribution < 1.29 is 15.0 Å². The van der Waals surface area contributed by atoms with Crippen LogP contribution in [0, 0.1) is 17.8 Å². The molecule has 0 saturated heterocycles. The molecule has 2 N–H and O–H groups in total. The largest absolute Gasteiger partial charge is 0.481 e. The molecule has 3 heteroatoms. The first kappa shape index (κ1) is 10.3. The average Bonchev–Trinajstić information content (AvgIpc) is 2.28. The average molecular weight is 184 g/mol. The number of hydrogen-bond acceptors (Lipinski definition) is 2. The quantitative estimate of drug-likeness (QED) is 0.635. The molecule has 1 fully saturated rings. The van der Waals surface area contributed by atoms with Gasteiger partial charge in [0.15, 0.2) is 0 Å². The molecule has 1 aliphatic carbocycles. The molecule has 74 valence electrons. The van der Waals surface area contributed by atoms with Crippen LogP contribution >= 0.6 is 0 Å². The molecule has 0 aliphatic heterocycles. The molecule has 1 aliphatic rings. The van der Waals surface area contributed by atoms with E-state index in [1.54, 1.807) is 6.92 Å². The Morgan fingerprint density at radius 2 is 2.08 bits per heavy atom. The van der Waals surface area contributed by atoms with Crippen LogP contribution in [-0.4, -0.2) is 22.3 Å². The fourth-order valence-corrected chi connectivity index (χ4v) is 2.13. The minimum absolute atomic E-state index is 0.0671. The third-order valence-electron chi connectivity index (χ3n) is 3.02. The highest BCUT2D eigenvalue weighted by molar-refractivity contribution is 5.72. The third kappa shape index (κ3) is 1.75. The van der Waals surface area contributed by atoms with Gasteiger partial charge in [0, 0.05) is 0 Å². The zero-order valence-electron chi connectivity index (χ0n) is 8.03. The zero-order chi connectivity index (χ0) is 10.2. The molecule has 4 atom stereocenters. The van der Waals surface area contributed by atoms with Gasteiger partial charge >= 0.3 is 5.97 Å². The maximum absolute atomic E-state index is 10.9. The lowest BCUT2D eigenvalue weighted by Crippen LogP contribution is -2.25. The Balaban J connectivity index is 2.86. The summed E-state index contributed by atoms with van der Waals surface area (Å²) in [6.45, 7) is 7.37. The number of aliphatic hydroxyl groups excluding tert-OH is 1. The van der Waals surface area contributed by atoms with Gasteiger partial charge in [0.2, 0.25) is 0 Å². The van der Waals surface area contributed by atoms with Gasteiger partial charge in [0.05, 0.1) is 12.0 Å².